The molecule has 2 unspecified atom stereocenters. The van der Waals surface area contributed by atoms with Crippen LogP contribution in [0.3, 0.4) is 0 Å². The zero-order valence-corrected chi connectivity index (χ0v) is 18.8. The highest BCUT2D eigenvalue weighted by Gasteiger charge is 2.38. The summed E-state index contributed by atoms with van der Waals surface area (Å²) in [5, 5.41) is 3.97. The van der Waals surface area contributed by atoms with Gasteiger partial charge in [0.2, 0.25) is 5.91 Å². The fourth-order valence-electron chi connectivity index (χ4n) is 4.24. The Balaban J connectivity index is 1.54. The van der Waals surface area contributed by atoms with Gasteiger partial charge in [0.05, 0.1) is 0 Å². The van der Waals surface area contributed by atoms with Gasteiger partial charge in [0.25, 0.3) is 5.91 Å². The number of amides is 2. The van der Waals surface area contributed by atoms with Gasteiger partial charge in [-0.15, -0.1) is 0 Å². The normalized spacial score (nSPS) is 20.9. The van der Waals surface area contributed by atoms with E-state index in [0.29, 0.717) is 27.8 Å². The van der Waals surface area contributed by atoms with Gasteiger partial charge in [0.15, 0.2) is 0 Å². The third-order valence-electron chi connectivity index (χ3n) is 6.12. The van der Waals surface area contributed by atoms with Crippen LogP contribution in [0.4, 0.5) is 5.69 Å². The third-order valence-corrected chi connectivity index (χ3v) is 6.73. The number of carbonyl (C=O) groups excluding carboxylic acids is 2. The summed E-state index contributed by atoms with van der Waals surface area (Å²) in [4.78, 5) is 27.6. The quantitative estimate of drug-likeness (QED) is 0.618. The molecule has 0 heterocycles. The standard InChI is InChI=1S/C24H27Cl2N3O2/c25-18-5-3-4-16(12-18)23(30)28-19-10-11-20(26)17(13-19)14-29(24(31)15-8-9-15)22-7-2-1-6-21(22)27/h3-5,10-13,15,21-22H,1-2,6-9,14,27H2,(H,28,30). The van der Waals surface area contributed by atoms with Crippen molar-refractivity contribution in [1.82, 2.24) is 4.90 Å². The minimum Gasteiger partial charge on any atom is -0.334 e. The number of halogens is 2. The van der Waals surface area contributed by atoms with E-state index in [1.54, 1.807) is 36.4 Å². The fraction of sp³-hybridized carbons (Fsp3) is 0.417. The number of carbonyl (C=O) groups is 2. The van der Waals surface area contributed by atoms with Crippen LogP contribution in [-0.4, -0.2) is 28.8 Å². The number of rotatable bonds is 6. The highest BCUT2D eigenvalue weighted by molar-refractivity contribution is 6.31. The van der Waals surface area contributed by atoms with Crippen molar-refractivity contribution in [2.45, 2.75) is 57.2 Å². The Bertz CT molecular complexity index is 977. The van der Waals surface area contributed by atoms with Crippen molar-refractivity contribution in [1.29, 1.82) is 0 Å². The smallest absolute Gasteiger partial charge is 0.255 e. The number of nitrogens with two attached hydrogens (primary N) is 1. The van der Waals surface area contributed by atoms with Crippen LogP contribution >= 0.6 is 23.2 Å². The zero-order valence-electron chi connectivity index (χ0n) is 17.3. The molecule has 0 saturated heterocycles. The number of hydrogen-bond acceptors (Lipinski definition) is 3. The summed E-state index contributed by atoms with van der Waals surface area (Å²) in [6, 6.07) is 12.2. The van der Waals surface area contributed by atoms with Gasteiger partial charge in [-0.3, -0.25) is 9.59 Å². The second-order valence-electron chi connectivity index (χ2n) is 8.53. The van der Waals surface area contributed by atoms with Gasteiger partial charge in [0, 0.05) is 45.8 Å². The molecule has 0 spiro atoms. The number of benzene rings is 2. The van der Waals surface area contributed by atoms with E-state index < -0.39 is 0 Å². The Morgan fingerprint density at radius 1 is 1.03 bits per heavy atom. The second kappa shape index (κ2) is 9.60. The van der Waals surface area contributed by atoms with Gasteiger partial charge in [-0.1, -0.05) is 42.1 Å². The summed E-state index contributed by atoms with van der Waals surface area (Å²) < 4.78 is 0. The predicted molar refractivity (Wildman–Crippen MR) is 124 cm³/mol. The molecule has 0 aromatic heterocycles. The molecular weight excluding hydrogens is 433 g/mol. The molecule has 2 amide bonds. The van der Waals surface area contributed by atoms with Crippen molar-refractivity contribution < 1.29 is 9.59 Å². The maximum absolute atomic E-state index is 13.1. The van der Waals surface area contributed by atoms with Gasteiger partial charge >= 0.3 is 0 Å². The monoisotopic (exact) mass is 459 g/mol. The summed E-state index contributed by atoms with van der Waals surface area (Å²) >= 11 is 12.5. The van der Waals surface area contributed by atoms with Crippen molar-refractivity contribution in [2.24, 2.45) is 11.7 Å². The van der Waals surface area contributed by atoms with Crippen LogP contribution in [0, 0.1) is 5.92 Å². The summed E-state index contributed by atoms with van der Waals surface area (Å²) in [6.45, 7) is 0.396. The molecule has 0 radical (unpaired) electrons. The number of anilines is 1. The Kier molecular flexibility index (Phi) is 6.85. The van der Waals surface area contributed by atoms with Gasteiger partial charge in [-0.05, 0) is 67.6 Å². The van der Waals surface area contributed by atoms with Crippen molar-refractivity contribution in [3.8, 4) is 0 Å². The van der Waals surface area contributed by atoms with E-state index in [1.165, 1.54) is 0 Å². The van der Waals surface area contributed by atoms with Gasteiger partial charge in [0.1, 0.15) is 0 Å². The van der Waals surface area contributed by atoms with Crippen molar-refractivity contribution >= 4 is 40.7 Å². The predicted octanol–water partition coefficient (Wildman–Crippen LogP) is 5.25. The average molecular weight is 460 g/mol. The number of nitrogens with zero attached hydrogens (tertiary/aromatic N) is 1. The lowest BCUT2D eigenvalue weighted by Gasteiger charge is -2.39. The van der Waals surface area contributed by atoms with Crippen LogP contribution in [0.2, 0.25) is 10.0 Å². The zero-order chi connectivity index (χ0) is 22.0. The lowest BCUT2D eigenvalue weighted by atomic mass is 9.89. The molecule has 2 aliphatic carbocycles. The van der Waals surface area contributed by atoms with Crippen molar-refractivity contribution in [2.75, 3.05) is 5.32 Å². The number of hydrogen-bond donors (Lipinski definition) is 2. The molecule has 3 N–H and O–H groups in total. The summed E-state index contributed by atoms with van der Waals surface area (Å²) in [5.41, 5.74) is 8.31. The van der Waals surface area contributed by atoms with Crippen molar-refractivity contribution in [3.05, 3.63) is 63.6 Å². The molecule has 7 heteroatoms. The van der Waals surface area contributed by atoms with Crippen LogP contribution in [-0.2, 0) is 11.3 Å². The van der Waals surface area contributed by atoms with Gasteiger partial charge < -0.3 is 16.0 Å². The second-order valence-corrected chi connectivity index (χ2v) is 9.37. The lowest BCUT2D eigenvalue weighted by Crippen LogP contribution is -2.52. The largest absolute Gasteiger partial charge is 0.334 e. The van der Waals surface area contributed by atoms with E-state index in [1.807, 2.05) is 11.0 Å². The van der Waals surface area contributed by atoms with E-state index in [4.69, 9.17) is 28.9 Å². The minimum atomic E-state index is -0.254. The molecule has 2 saturated carbocycles. The molecule has 2 aromatic carbocycles. The molecule has 2 atom stereocenters. The molecule has 0 bridgehead atoms. The van der Waals surface area contributed by atoms with Crippen LogP contribution < -0.4 is 11.1 Å². The Morgan fingerprint density at radius 2 is 1.81 bits per heavy atom. The molecule has 2 fully saturated rings. The van der Waals surface area contributed by atoms with E-state index in [9.17, 15) is 9.59 Å². The van der Waals surface area contributed by atoms with E-state index >= 15 is 0 Å². The average Bonchev–Trinajstić information content (AvgIpc) is 3.60. The highest BCUT2D eigenvalue weighted by Crippen LogP contribution is 2.35. The summed E-state index contributed by atoms with van der Waals surface area (Å²) in [5.74, 6) is 0.0291. The highest BCUT2D eigenvalue weighted by atomic mass is 35.5. The molecule has 5 nitrogen and oxygen atoms in total. The Morgan fingerprint density at radius 3 is 2.52 bits per heavy atom. The molecule has 2 aliphatic rings. The molecule has 0 aliphatic heterocycles. The van der Waals surface area contributed by atoms with Crippen LogP contribution in [0.25, 0.3) is 0 Å². The lowest BCUT2D eigenvalue weighted by molar-refractivity contribution is -0.136. The van der Waals surface area contributed by atoms with E-state index in [-0.39, 0.29) is 29.8 Å². The molecule has 2 aromatic rings. The van der Waals surface area contributed by atoms with Crippen molar-refractivity contribution in [3.63, 3.8) is 0 Å². The number of nitrogens with one attached hydrogen (secondary N) is 1. The molecule has 164 valence electrons. The first kappa shape index (κ1) is 22.1. The van der Waals surface area contributed by atoms with Gasteiger partial charge in [-0.2, -0.15) is 0 Å². The van der Waals surface area contributed by atoms with Gasteiger partial charge in [-0.25, -0.2) is 0 Å². The van der Waals surface area contributed by atoms with Crippen LogP contribution in [0.15, 0.2) is 42.5 Å². The Hall–Kier alpha value is -2.08. The topological polar surface area (TPSA) is 75.4 Å². The van der Waals surface area contributed by atoms with Crippen LogP contribution in [0.1, 0.15) is 54.4 Å². The minimum absolute atomic E-state index is 0.0130. The van der Waals surface area contributed by atoms with E-state index in [0.717, 1.165) is 44.1 Å². The Labute approximate surface area is 192 Å². The summed E-state index contributed by atoms with van der Waals surface area (Å²) in [7, 11) is 0. The summed E-state index contributed by atoms with van der Waals surface area (Å²) in [6.07, 6.45) is 5.93. The molecular formula is C24H27Cl2N3O2. The maximum Gasteiger partial charge on any atom is 0.255 e. The first-order valence-electron chi connectivity index (χ1n) is 10.8. The fourth-order valence-corrected chi connectivity index (χ4v) is 4.61. The first-order valence-corrected chi connectivity index (χ1v) is 11.6. The molecule has 31 heavy (non-hydrogen) atoms. The van der Waals surface area contributed by atoms with Crippen LogP contribution in [0.5, 0.6) is 0 Å². The molecule has 4 rings (SSSR count). The SMILES string of the molecule is NC1CCCCC1N(Cc1cc(NC(=O)c2cccc(Cl)c2)ccc1Cl)C(=O)C1CC1. The maximum atomic E-state index is 13.1. The first-order chi connectivity index (χ1) is 14.9. The van der Waals surface area contributed by atoms with E-state index in [2.05, 4.69) is 5.32 Å². The third kappa shape index (κ3) is 5.40.